The molecule has 3 N–H and O–H groups in total. The van der Waals surface area contributed by atoms with E-state index in [4.69, 9.17) is 5.11 Å². The largest absolute Gasteiger partial charge is 0.481 e. The molecule has 0 bridgehead atoms. The number of nitrogens with zero attached hydrogens (tertiary/aromatic N) is 1. The van der Waals surface area contributed by atoms with Crippen molar-refractivity contribution in [2.75, 3.05) is 20.1 Å². The molecule has 0 saturated carbocycles. The van der Waals surface area contributed by atoms with E-state index in [1.807, 2.05) is 50.2 Å². The van der Waals surface area contributed by atoms with Gasteiger partial charge in [-0.3, -0.25) is 4.79 Å². The number of likely N-dealkylation sites (N-methyl/N-ethyl adjacent to an activating group) is 1. The monoisotopic (exact) mass is 580 g/mol. The van der Waals surface area contributed by atoms with Gasteiger partial charge in [0, 0.05) is 32.1 Å². The number of carboxylic acid groups (broad SMARTS) is 1. The Labute approximate surface area is 245 Å². The van der Waals surface area contributed by atoms with Gasteiger partial charge in [0.1, 0.15) is 0 Å². The van der Waals surface area contributed by atoms with Gasteiger partial charge in [0.25, 0.3) is 0 Å². The number of nitrogens with one attached hydrogen (secondary N) is 1. The molecule has 0 spiro atoms. The number of aliphatic hydroxyl groups is 1. The summed E-state index contributed by atoms with van der Waals surface area (Å²) in [5.74, 6) is -0.842. The predicted molar refractivity (Wildman–Crippen MR) is 165 cm³/mol. The molecule has 3 aromatic carbocycles. The summed E-state index contributed by atoms with van der Waals surface area (Å²) >= 11 is 0. The first-order chi connectivity index (χ1) is 19.3. The molecule has 7 nitrogen and oxygen atoms in total. The summed E-state index contributed by atoms with van der Waals surface area (Å²) < 4.78 is 27.9. The number of hydrogen-bond donors (Lipinski definition) is 3. The first-order valence-electron chi connectivity index (χ1n) is 14.1. The quantitative estimate of drug-likeness (QED) is 0.223. The molecule has 222 valence electrons. The van der Waals surface area contributed by atoms with E-state index in [0.29, 0.717) is 6.42 Å². The molecule has 0 aliphatic heterocycles. The standard InChI is InChI=1S/C33H44N2O5S/c1-24-13-14-27(15-18-32(37)38)21-31(24)30-17-16-29(20-25(30)2)41(39,40)35(5)23-28(36)22-34-33(3,4)19-9-12-26-10-7-6-8-11-26/h6-8,10-11,13-14,16-17,20-21,28,34,36H,9,12,15,18-19,22-23H2,1-5H3,(H,37,38). The Balaban J connectivity index is 1.60. The van der Waals surface area contributed by atoms with Crippen molar-refractivity contribution in [2.45, 2.75) is 76.3 Å². The summed E-state index contributed by atoms with van der Waals surface area (Å²) in [5, 5.41) is 23.1. The summed E-state index contributed by atoms with van der Waals surface area (Å²) in [7, 11) is -2.32. The minimum atomic E-state index is -3.81. The molecule has 3 aromatic rings. The van der Waals surface area contributed by atoms with Crippen LogP contribution >= 0.6 is 0 Å². The molecule has 0 aromatic heterocycles. The van der Waals surface area contributed by atoms with E-state index in [1.54, 1.807) is 18.2 Å². The van der Waals surface area contributed by atoms with E-state index in [1.165, 1.54) is 16.9 Å². The summed E-state index contributed by atoms with van der Waals surface area (Å²) in [6, 6.07) is 21.3. The normalized spacial score (nSPS) is 13.0. The van der Waals surface area contributed by atoms with E-state index < -0.39 is 22.1 Å². The molecule has 0 amide bonds. The molecule has 0 radical (unpaired) electrons. The highest BCUT2D eigenvalue weighted by molar-refractivity contribution is 7.89. The first kappa shape index (κ1) is 32.5. The second-order valence-electron chi connectivity index (χ2n) is 11.6. The summed E-state index contributed by atoms with van der Waals surface area (Å²) in [5.41, 5.74) is 5.72. The van der Waals surface area contributed by atoms with Gasteiger partial charge in [-0.1, -0.05) is 54.6 Å². The number of carbonyl (C=O) groups is 1. The third-order valence-corrected chi connectivity index (χ3v) is 9.34. The van der Waals surface area contributed by atoms with Crippen molar-refractivity contribution in [1.82, 2.24) is 9.62 Å². The number of aliphatic hydroxyl groups excluding tert-OH is 1. The van der Waals surface area contributed by atoms with Crippen LogP contribution in [0.3, 0.4) is 0 Å². The maximum absolute atomic E-state index is 13.4. The second-order valence-corrected chi connectivity index (χ2v) is 13.6. The molecule has 0 aliphatic rings. The number of sulfonamides is 1. The van der Waals surface area contributed by atoms with Crippen molar-refractivity contribution in [3.05, 3.63) is 89.0 Å². The molecule has 3 rings (SSSR count). The van der Waals surface area contributed by atoms with Gasteiger partial charge in [0.15, 0.2) is 0 Å². The Morgan fingerprint density at radius 2 is 1.63 bits per heavy atom. The van der Waals surface area contributed by atoms with Crippen LogP contribution in [0.5, 0.6) is 0 Å². The van der Waals surface area contributed by atoms with Crippen LogP contribution in [-0.2, 0) is 27.7 Å². The molecule has 0 saturated heterocycles. The topological polar surface area (TPSA) is 107 Å². The lowest BCUT2D eigenvalue weighted by Gasteiger charge is -2.29. The van der Waals surface area contributed by atoms with Crippen LogP contribution in [0.25, 0.3) is 11.1 Å². The molecule has 1 atom stereocenters. The van der Waals surface area contributed by atoms with Crippen LogP contribution in [0.1, 0.15) is 55.4 Å². The molecular formula is C33H44N2O5S. The van der Waals surface area contributed by atoms with Gasteiger partial charge < -0.3 is 15.5 Å². The number of rotatable bonds is 15. The fourth-order valence-corrected chi connectivity index (χ4v) is 6.26. The number of benzene rings is 3. The van der Waals surface area contributed by atoms with Gasteiger partial charge >= 0.3 is 5.97 Å². The van der Waals surface area contributed by atoms with Gasteiger partial charge in [-0.25, -0.2) is 8.42 Å². The highest BCUT2D eigenvalue weighted by Gasteiger charge is 2.25. The molecule has 0 fully saturated rings. The Morgan fingerprint density at radius 1 is 0.927 bits per heavy atom. The minimum Gasteiger partial charge on any atom is -0.481 e. The van der Waals surface area contributed by atoms with E-state index >= 15 is 0 Å². The van der Waals surface area contributed by atoms with Gasteiger partial charge in [-0.15, -0.1) is 0 Å². The molecule has 0 aliphatic carbocycles. The number of β-amino-alcohol motifs (C(OH)–C–C–N with tert-alkyl or cyclic N) is 1. The zero-order chi connectivity index (χ0) is 30.2. The Kier molecular flexibility index (Phi) is 11.3. The summed E-state index contributed by atoms with van der Waals surface area (Å²) in [6.07, 6.45) is 2.55. The highest BCUT2D eigenvalue weighted by atomic mass is 32.2. The average molecular weight is 581 g/mol. The predicted octanol–water partition coefficient (Wildman–Crippen LogP) is 5.36. The Bertz CT molecular complexity index is 1420. The van der Waals surface area contributed by atoms with Crippen LogP contribution in [-0.4, -0.2) is 60.7 Å². The van der Waals surface area contributed by atoms with E-state index in [-0.39, 0.29) is 29.9 Å². The number of aryl methyl sites for hydroxylation is 4. The molecule has 1 unspecified atom stereocenters. The van der Waals surface area contributed by atoms with Crippen LogP contribution in [0.15, 0.2) is 71.6 Å². The fourth-order valence-electron chi connectivity index (χ4n) is 4.97. The van der Waals surface area contributed by atoms with Crippen LogP contribution in [0, 0.1) is 13.8 Å². The fraction of sp³-hybridized carbons (Fsp3) is 0.424. The second kappa shape index (κ2) is 14.2. The number of aliphatic carboxylic acids is 1. The SMILES string of the molecule is Cc1cc(S(=O)(=O)N(C)CC(O)CNC(C)(C)CCCc2ccccc2)ccc1-c1cc(CCC(=O)O)ccc1C. The van der Waals surface area contributed by atoms with Crippen LogP contribution in [0.4, 0.5) is 0 Å². The lowest BCUT2D eigenvalue weighted by molar-refractivity contribution is -0.136. The zero-order valence-corrected chi connectivity index (χ0v) is 25.7. The van der Waals surface area contributed by atoms with Gasteiger partial charge in [-0.2, -0.15) is 4.31 Å². The van der Waals surface area contributed by atoms with Crippen LogP contribution < -0.4 is 5.32 Å². The highest BCUT2D eigenvalue weighted by Crippen LogP contribution is 2.30. The Hall–Kier alpha value is -3.04. The van der Waals surface area contributed by atoms with E-state index in [2.05, 4.69) is 31.3 Å². The van der Waals surface area contributed by atoms with Gasteiger partial charge in [0.05, 0.1) is 11.0 Å². The Morgan fingerprint density at radius 3 is 2.29 bits per heavy atom. The van der Waals surface area contributed by atoms with E-state index in [9.17, 15) is 18.3 Å². The average Bonchev–Trinajstić information content (AvgIpc) is 2.92. The third kappa shape index (κ3) is 9.50. The van der Waals surface area contributed by atoms with Crippen molar-refractivity contribution < 1.29 is 23.4 Å². The zero-order valence-electron chi connectivity index (χ0n) is 24.9. The lowest BCUT2D eigenvalue weighted by atomic mass is 9.94. The van der Waals surface area contributed by atoms with Crippen molar-refractivity contribution >= 4 is 16.0 Å². The maximum atomic E-state index is 13.4. The molecule has 8 heteroatoms. The number of hydrogen-bond acceptors (Lipinski definition) is 5. The van der Waals surface area contributed by atoms with E-state index in [0.717, 1.165) is 47.1 Å². The van der Waals surface area contributed by atoms with Crippen molar-refractivity contribution in [3.8, 4) is 11.1 Å². The summed E-state index contributed by atoms with van der Waals surface area (Å²) in [4.78, 5) is 11.2. The maximum Gasteiger partial charge on any atom is 0.303 e. The minimum absolute atomic E-state index is 0.0268. The first-order valence-corrected chi connectivity index (χ1v) is 15.6. The molecular weight excluding hydrogens is 536 g/mol. The smallest absolute Gasteiger partial charge is 0.303 e. The van der Waals surface area contributed by atoms with Crippen molar-refractivity contribution in [1.29, 1.82) is 0 Å². The van der Waals surface area contributed by atoms with Gasteiger partial charge in [-0.05, 0) is 98.9 Å². The molecule has 41 heavy (non-hydrogen) atoms. The van der Waals surface area contributed by atoms with Crippen LogP contribution in [0.2, 0.25) is 0 Å². The van der Waals surface area contributed by atoms with Gasteiger partial charge in [0.2, 0.25) is 10.0 Å². The third-order valence-electron chi connectivity index (χ3n) is 7.52. The van der Waals surface area contributed by atoms with Crippen molar-refractivity contribution in [2.24, 2.45) is 0 Å². The van der Waals surface area contributed by atoms with Crippen molar-refractivity contribution in [3.63, 3.8) is 0 Å². The number of carboxylic acids is 1. The molecule has 0 heterocycles. The summed E-state index contributed by atoms with van der Waals surface area (Å²) in [6.45, 7) is 8.30. The lowest BCUT2D eigenvalue weighted by Crippen LogP contribution is -2.46.